The predicted octanol–water partition coefficient (Wildman–Crippen LogP) is 2.37. The third kappa shape index (κ3) is 9.57. The number of hydrogen-bond acceptors (Lipinski definition) is 3. The first-order chi connectivity index (χ1) is 7.76. The highest BCUT2D eigenvalue weighted by Gasteiger charge is 2.17. The van der Waals surface area contributed by atoms with Crippen molar-refractivity contribution in [3.8, 4) is 0 Å². The van der Waals surface area contributed by atoms with Crippen LogP contribution in [0.5, 0.6) is 0 Å². The van der Waals surface area contributed by atoms with Crippen LogP contribution in [0.2, 0.25) is 0 Å². The zero-order valence-corrected chi connectivity index (χ0v) is 12.8. The van der Waals surface area contributed by atoms with Crippen LogP contribution in [0.25, 0.3) is 0 Å². The van der Waals surface area contributed by atoms with Crippen LogP contribution in [-0.4, -0.2) is 50.3 Å². The summed E-state index contributed by atoms with van der Waals surface area (Å²) in [5.41, 5.74) is 0.172. The number of methoxy groups -OCH3 is 1. The Bertz CT molecular complexity index is 187. The highest BCUT2D eigenvalue weighted by molar-refractivity contribution is 4.77. The lowest BCUT2D eigenvalue weighted by atomic mass is 10.1. The van der Waals surface area contributed by atoms with Crippen LogP contribution >= 0.6 is 0 Å². The first kappa shape index (κ1) is 16.9. The fourth-order valence-corrected chi connectivity index (χ4v) is 1.60. The molecular weight excluding hydrogens is 212 g/mol. The number of nitrogens with one attached hydrogen (secondary N) is 1. The molecule has 0 rings (SSSR count). The molecule has 0 bridgehead atoms. The van der Waals surface area contributed by atoms with Crippen molar-refractivity contribution in [2.24, 2.45) is 5.92 Å². The summed E-state index contributed by atoms with van der Waals surface area (Å²) in [5.74, 6) is 0.760. The monoisotopic (exact) mass is 244 g/mol. The third-order valence-corrected chi connectivity index (χ3v) is 2.91. The Hall–Kier alpha value is -0.120. The molecule has 0 radical (unpaired) electrons. The molecule has 17 heavy (non-hydrogen) atoms. The van der Waals surface area contributed by atoms with Crippen molar-refractivity contribution in [1.82, 2.24) is 10.2 Å². The second-order valence-electron chi connectivity index (χ2n) is 6.40. The zero-order valence-electron chi connectivity index (χ0n) is 12.8. The third-order valence-electron chi connectivity index (χ3n) is 2.91. The Morgan fingerprint density at radius 2 is 1.82 bits per heavy atom. The average molecular weight is 244 g/mol. The molecule has 104 valence electrons. The summed E-state index contributed by atoms with van der Waals surface area (Å²) in [4.78, 5) is 2.41. The number of nitrogens with zero attached hydrogens (tertiary/aromatic N) is 1. The van der Waals surface area contributed by atoms with Crippen LogP contribution in [0.15, 0.2) is 0 Å². The molecule has 1 N–H and O–H groups in total. The molecule has 1 atom stereocenters. The summed E-state index contributed by atoms with van der Waals surface area (Å²) in [6.45, 7) is 14.0. The van der Waals surface area contributed by atoms with Crippen LogP contribution < -0.4 is 5.32 Å². The zero-order chi connectivity index (χ0) is 13.5. The maximum Gasteiger partial charge on any atom is 0.0630 e. The predicted molar refractivity (Wildman–Crippen MR) is 75.5 cm³/mol. The molecule has 3 heteroatoms. The first-order valence-corrected chi connectivity index (χ1v) is 6.70. The van der Waals surface area contributed by atoms with E-state index in [0.29, 0.717) is 6.04 Å². The first-order valence-electron chi connectivity index (χ1n) is 6.70. The summed E-state index contributed by atoms with van der Waals surface area (Å²) < 4.78 is 5.32. The molecular formula is C14H32N2O. The minimum Gasteiger partial charge on any atom is -0.383 e. The van der Waals surface area contributed by atoms with Gasteiger partial charge in [0.15, 0.2) is 0 Å². The molecule has 0 heterocycles. The molecule has 0 saturated carbocycles. The van der Waals surface area contributed by atoms with E-state index >= 15 is 0 Å². The molecule has 3 nitrogen and oxygen atoms in total. The quantitative estimate of drug-likeness (QED) is 0.709. The number of ether oxygens (including phenoxy) is 1. The van der Waals surface area contributed by atoms with Crippen molar-refractivity contribution in [3.05, 3.63) is 0 Å². The Morgan fingerprint density at radius 3 is 2.24 bits per heavy atom. The molecule has 0 aliphatic carbocycles. The molecule has 0 aromatic heterocycles. The lowest BCUT2D eigenvalue weighted by molar-refractivity contribution is 0.0983. The van der Waals surface area contributed by atoms with E-state index in [4.69, 9.17) is 4.74 Å². The van der Waals surface area contributed by atoms with Gasteiger partial charge in [0, 0.05) is 25.2 Å². The van der Waals surface area contributed by atoms with E-state index in [-0.39, 0.29) is 5.54 Å². The second kappa shape index (κ2) is 8.06. The minimum atomic E-state index is 0.172. The van der Waals surface area contributed by atoms with Gasteiger partial charge in [0.1, 0.15) is 0 Å². The van der Waals surface area contributed by atoms with Gasteiger partial charge >= 0.3 is 0 Å². The maximum atomic E-state index is 5.32. The van der Waals surface area contributed by atoms with E-state index in [1.807, 2.05) is 0 Å². The number of rotatable bonds is 8. The summed E-state index contributed by atoms with van der Waals surface area (Å²) in [7, 11) is 3.97. The maximum absolute atomic E-state index is 5.32. The number of likely N-dealkylation sites (N-methyl/N-ethyl adjacent to an activating group) is 1. The van der Waals surface area contributed by atoms with Crippen LogP contribution in [0.3, 0.4) is 0 Å². The van der Waals surface area contributed by atoms with Gasteiger partial charge in [-0.05, 0) is 46.7 Å². The summed E-state index contributed by atoms with van der Waals surface area (Å²) >= 11 is 0. The van der Waals surface area contributed by atoms with Crippen LogP contribution in [0, 0.1) is 5.92 Å². The van der Waals surface area contributed by atoms with Crippen LogP contribution in [0.1, 0.15) is 41.0 Å². The molecule has 0 aliphatic rings. The van der Waals surface area contributed by atoms with Crippen molar-refractivity contribution in [1.29, 1.82) is 0 Å². The van der Waals surface area contributed by atoms with Gasteiger partial charge in [0.2, 0.25) is 0 Å². The van der Waals surface area contributed by atoms with Crippen molar-refractivity contribution in [2.75, 3.05) is 33.9 Å². The van der Waals surface area contributed by atoms with E-state index < -0.39 is 0 Å². The highest BCUT2D eigenvalue weighted by atomic mass is 16.5. The topological polar surface area (TPSA) is 24.5 Å². The van der Waals surface area contributed by atoms with E-state index in [0.717, 1.165) is 25.6 Å². The van der Waals surface area contributed by atoms with E-state index in [9.17, 15) is 0 Å². The SMILES string of the molecule is COCC(CNC(C)(C)C)N(C)CCC(C)C. The van der Waals surface area contributed by atoms with Gasteiger partial charge in [-0.3, -0.25) is 4.90 Å². The molecule has 0 saturated heterocycles. The Labute approximate surface area is 108 Å². The molecule has 0 amide bonds. The molecule has 1 unspecified atom stereocenters. The van der Waals surface area contributed by atoms with E-state index in [1.54, 1.807) is 7.11 Å². The van der Waals surface area contributed by atoms with Gasteiger partial charge < -0.3 is 10.1 Å². The fraction of sp³-hybridized carbons (Fsp3) is 1.00. The van der Waals surface area contributed by atoms with Crippen molar-refractivity contribution in [2.45, 2.75) is 52.6 Å². The van der Waals surface area contributed by atoms with Crippen LogP contribution in [0.4, 0.5) is 0 Å². The Morgan fingerprint density at radius 1 is 1.24 bits per heavy atom. The van der Waals surface area contributed by atoms with Gasteiger partial charge in [-0.1, -0.05) is 13.8 Å². The van der Waals surface area contributed by atoms with Gasteiger partial charge in [-0.2, -0.15) is 0 Å². The molecule has 0 aromatic rings. The summed E-state index contributed by atoms with van der Waals surface area (Å²) in [6, 6.07) is 0.456. The van der Waals surface area contributed by atoms with Crippen LogP contribution in [-0.2, 0) is 4.74 Å². The van der Waals surface area contributed by atoms with E-state index in [2.05, 4.69) is 51.9 Å². The molecule has 0 spiro atoms. The largest absolute Gasteiger partial charge is 0.383 e. The average Bonchev–Trinajstić information content (AvgIpc) is 2.19. The van der Waals surface area contributed by atoms with Crippen molar-refractivity contribution in [3.63, 3.8) is 0 Å². The molecule has 0 aliphatic heterocycles. The van der Waals surface area contributed by atoms with Crippen molar-refractivity contribution >= 4 is 0 Å². The standard InChI is InChI=1S/C14H32N2O/c1-12(2)8-9-16(6)13(11-17-7)10-15-14(3,4)5/h12-13,15H,8-11H2,1-7H3. The number of hydrogen-bond donors (Lipinski definition) is 1. The van der Waals surface area contributed by atoms with E-state index in [1.165, 1.54) is 6.42 Å². The summed E-state index contributed by atoms with van der Waals surface area (Å²) in [5, 5.41) is 3.55. The lowest BCUT2D eigenvalue weighted by Gasteiger charge is -2.31. The second-order valence-corrected chi connectivity index (χ2v) is 6.40. The Balaban J connectivity index is 4.11. The fourth-order valence-electron chi connectivity index (χ4n) is 1.60. The van der Waals surface area contributed by atoms with Gasteiger partial charge in [0.05, 0.1) is 6.61 Å². The van der Waals surface area contributed by atoms with Gasteiger partial charge in [-0.25, -0.2) is 0 Å². The van der Waals surface area contributed by atoms with Gasteiger partial charge in [0.25, 0.3) is 0 Å². The Kier molecular flexibility index (Phi) is 8.01. The normalized spacial score (nSPS) is 14.6. The lowest BCUT2D eigenvalue weighted by Crippen LogP contribution is -2.48. The summed E-state index contributed by atoms with van der Waals surface area (Å²) in [6.07, 6.45) is 1.24. The minimum absolute atomic E-state index is 0.172. The highest BCUT2D eigenvalue weighted by Crippen LogP contribution is 2.06. The van der Waals surface area contributed by atoms with Crippen molar-refractivity contribution < 1.29 is 4.74 Å². The molecule has 0 fully saturated rings. The molecule has 0 aromatic carbocycles. The van der Waals surface area contributed by atoms with Gasteiger partial charge in [-0.15, -0.1) is 0 Å². The smallest absolute Gasteiger partial charge is 0.0630 e.